The van der Waals surface area contributed by atoms with E-state index in [1.165, 1.54) is 0 Å². The fraction of sp³-hybridized carbons (Fsp3) is 0.500. The van der Waals surface area contributed by atoms with Crippen LogP contribution in [0, 0.1) is 0 Å². The number of hydrogen-bond donors (Lipinski definition) is 0. The van der Waals surface area contributed by atoms with Crippen LogP contribution in [0.3, 0.4) is 0 Å². The second-order valence-electron chi connectivity index (χ2n) is 4.29. The van der Waals surface area contributed by atoms with Crippen LogP contribution >= 0.6 is 0 Å². The molecule has 0 amide bonds. The molecule has 0 atom stereocenters. The average molecular weight is 209 g/mol. The van der Waals surface area contributed by atoms with Gasteiger partial charge in [0.25, 0.3) is 0 Å². The van der Waals surface area contributed by atoms with E-state index in [0.29, 0.717) is 6.73 Å². The SMILES string of the molecule is CN(C)COOC(C)(C)c1ccccc1. The Morgan fingerprint density at radius 3 is 2.27 bits per heavy atom. The summed E-state index contributed by atoms with van der Waals surface area (Å²) < 4.78 is 0. The van der Waals surface area contributed by atoms with Gasteiger partial charge in [0.05, 0.1) is 0 Å². The highest BCUT2D eigenvalue weighted by molar-refractivity contribution is 5.20. The molecular formula is C12H19NO2. The molecule has 1 rings (SSSR count). The van der Waals surface area contributed by atoms with Gasteiger partial charge in [0.15, 0.2) is 0 Å². The van der Waals surface area contributed by atoms with E-state index < -0.39 is 5.60 Å². The van der Waals surface area contributed by atoms with E-state index in [0.717, 1.165) is 5.56 Å². The van der Waals surface area contributed by atoms with E-state index in [1.54, 1.807) is 0 Å². The van der Waals surface area contributed by atoms with Crippen molar-refractivity contribution < 1.29 is 9.78 Å². The van der Waals surface area contributed by atoms with E-state index in [2.05, 4.69) is 0 Å². The highest BCUT2D eigenvalue weighted by Gasteiger charge is 2.22. The zero-order valence-electron chi connectivity index (χ0n) is 9.86. The first-order valence-electron chi connectivity index (χ1n) is 5.03. The maximum absolute atomic E-state index is 5.38. The normalized spacial score (nSPS) is 12.1. The van der Waals surface area contributed by atoms with E-state index >= 15 is 0 Å². The summed E-state index contributed by atoms with van der Waals surface area (Å²) in [4.78, 5) is 12.4. The van der Waals surface area contributed by atoms with Gasteiger partial charge >= 0.3 is 0 Å². The van der Waals surface area contributed by atoms with Crippen LogP contribution in [0.4, 0.5) is 0 Å². The fourth-order valence-corrected chi connectivity index (χ4v) is 1.17. The number of benzene rings is 1. The second kappa shape index (κ2) is 5.26. The lowest BCUT2D eigenvalue weighted by atomic mass is 9.99. The molecule has 0 aliphatic heterocycles. The van der Waals surface area contributed by atoms with Crippen molar-refractivity contribution in [3.63, 3.8) is 0 Å². The predicted octanol–water partition coefficient (Wildman–Crippen LogP) is 2.39. The van der Waals surface area contributed by atoms with Gasteiger partial charge < -0.3 is 0 Å². The molecule has 84 valence electrons. The van der Waals surface area contributed by atoms with Crippen LogP contribution in [0.25, 0.3) is 0 Å². The van der Waals surface area contributed by atoms with Gasteiger partial charge in [0.2, 0.25) is 0 Å². The van der Waals surface area contributed by atoms with Crippen LogP contribution in [-0.4, -0.2) is 25.7 Å². The molecule has 0 spiro atoms. The van der Waals surface area contributed by atoms with Crippen molar-refractivity contribution >= 4 is 0 Å². The summed E-state index contributed by atoms with van der Waals surface area (Å²) in [5.74, 6) is 0. The van der Waals surface area contributed by atoms with Crippen molar-refractivity contribution in [2.45, 2.75) is 19.4 Å². The first-order valence-corrected chi connectivity index (χ1v) is 5.03. The summed E-state index contributed by atoms with van der Waals surface area (Å²) in [6.45, 7) is 4.42. The Kier molecular flexibility index (Phi) is 4.27. The molecule has 1 aromatic rings. The Morgan fingerprint density at radius 2 is 1.73 bits per heavy atom. The maximum atomic E-state index is 5.38. The highest BCUT2D eigenvalue weighted by atomic mass is 17.2. The predicted molar refractivity (Wildman–Crippen MR) is 60.2 cm³/mol. The Balaban J connectivity index is 2.52. The molecule has 0 heterocycles. The standard InChI is InChI=1S/C12H19NO2/c1-12(2,15-14-10-13(3)4)11-8-6-5-7-9-11/h5-9H,10H2,1-4H3. The molecule has 1 aromatic carbocycles. The van der Waals surface area contributed by atoms with Crippen LogP contribution in [-0.2, 0) is 15.4 Å². The van der Waals surface area contributed by atoms with Crippen LogP contribution in [0.15, 0.2) is 30.3 Å². The van der Waals surface area contributed by atoms with Crippen LogP contribution in [0.1, 0.15) is 19.4 Å². The Labute approximate surface area is 91.5 Å². The third-order valence-electron chi connectivity index (χ3n) is 2.05. The van der Waals surface area contributed by atoms with E-state index in [4.69, 9.17) is 9.78 Å². The van der Waals surface area contributed by atoms with Gasteiger partial charge in [-0.25, -0.2) is 9.78 Å². The Morgan fingerprint density at radius 1 is 1.13 bits per heavy atom. The first-order chi connectivity index (χ1) is 7.02. The van der Waals surface area contributed by atoms with E-state index in [9.17, 15) is 0 Å². The van der Waals surface area contributed by atoms with E-state index in [-0.39, 0.29) is 0 Å². The van der Waals surface area contributed by atoms with E-state index in [1.807, 2.05) is 63.2 Å². The summed E-state index contributed by atoms with van der Waals surface area (Å²) in [7, 11) is 3.86. The molecule has 3 heteroatoms. The quantitative estimate of drug-likeness (QED) is 0.422. The largest absolute Gasteiger partial charge is 0.284 e. The monoisotopic (exact) mass is 209 g/mol. The van der Waals surface area contributed by atoms with Crippen LogP contribution < -0.4 is 0 Å². The molecule has 0 unspecified atom stereocenters. The van der Waals surface area contributed by atoms with Gasteiger partial charge in [0, 0.05) is 0 Å². The zero-order chi connectivity index (χ0) is 11.3. The highest BCUT2D eigenvalue weighted by Crippen LogP contribution is 2.24. The van der Waals surface area contributed by atoms with Gasteiger partial charge in [-0.2, -0.15) is 0 Å². The fourth-order valence-electron chi connectivity index (χ4n) is 1.17. The topological polar surface area (TPSA) is 21.7 Å². The van der Waals surface area contributed by atoms with Gasteiger partial charge in [-0.3, -0.25) is 4.90 Å². The van der Waals surface area contributed by atoms with Crippen molar-refractivity contribution in [2.75, 3.05) is 20.8 Å². The summed E-state index contributed by atoms with van der Waals surface area (Å²) in [6.07, 6.45) is 0. The first kappa shape index (κ1) is 12.2. The Bertz CT molecular complexity index is 283. The minimum atomic E-state index is -0.419. The Hall–Kier alpha value is -0.900. The number of nitrogens with zero attached hydrogens (tertiary/aromatic N) is 1. The van der Waals surface area contributed by atoms with Gasteiger partial charge in [-0.1, -0.05) is 30.3 Å². The summed E-state index contributed by atoms with van der Waals surface area (Å²) in [5, 5.41) is 0. The van der Waals surface area contributed by atoms with Crippen molar-refractivity contribution in [2.24, 2.45) is 0 Å². The summed E-state index contributed by atoms with van der Waals surface area (Å²) in [5.41, 5.74) is 0.681. The van der Waals surface area contributed by atoms with Crippen LogP contribution in [0.2, 0.25) is 0 Å². The molecular weight excluding hydrogens is 190 g/mol. The summed E-state index contributed by atoms with van der Waals surface area (Å²) >= 11 is 0. The average Bonchev–Trinajstić information content (AvgIpc) is 2.18. The molecule has 15 heavy (non-hydrogen) atoms. The van der Waals surface area contributed by atoms with Gasteiger partial charge in [-0.05, 0) is 33.5 Å². The molecule has 0 saturated heterocycles. The van der Waals surface area contributed by atoms with Crippen molar-refractivity contribution in [3.8, 4) is 0 Å². The van der Waals surface area contributed by atoms with Crippen molar-refractivity contribution in [1.82, 2.24) is 4.90 Å². The second-order valence-corrected chi connectivity index (χ2v) is 4.29. The lowest BCUT2D eigenvalue weighted by molar-refractivity contribution is -0.371. The molecule has 0 aliphatic rings. The molecule has 0 saturated carbocycles. The zero-order valence-corrected chi connectivity index (χ0v) is 9.86. The lowest BCUT2D eigenvalue weighted by Gasteiger charge is -2.24. The number of rotatable bonds is 5. The summed E-state index contributed by atoms with van der Waals surface area (Å²) in [6, 6.07) is 10.0. The molecule has 3 nitrogen and oxygen atoms in total. The lowest BCUT2D eigenvalue weighted by Crippen LogP contribution is -2.25. The van der Waals surface area contributed by atoms with Crippen molar-refractivity contribution in [3.05, 3.63) is 35.9 Å². The van der Waals surface area contributed by atoms with Gasteiger partial charge in [-0.15, -0.1) is 0 Å². The third kappa shape index (κ3) is 4.00. The minimum absolute atomic E-state index is 0.419. The van der Waals surface area contributed by atoms with Crippen molar-refractivity contribution in [1.29, 1.82) is 0 Å². The molecule has 0 bridgehead atoms. The third-order valence-corrected chi connectivity index (χ3v) is 2.05. The molecule has 0 radical (unpaired) electrons. The molecule has 0 fully saturated rings. The minimum Gasteiger partial charge on any atom is -0.284 e. The van der Waals surface area contributed by atoms with Crippen LogP contribution in [0.5, 0.6) is 0 Å². The van der Waals surface area contributed by atoms with Gasteiger partial charge in [0.1, 0.15) is 12.3 Å². The molecule has 0 N–H and O–H groups in total. The maximum Gasteiger partial charge on any atom is 0.135 e. The molecule has 0 aromatic heterocycles. The smallest absolute Gasteiger partial charge is 0.135 e. The molecule has 0 aliphatic carbocycles. The number of hydrogen-bond acceptors (Lipinski definition) is 3.